The van der Waals surface area contributed by atoms with Crippen molar-refractivity contribution in [3.63, 3.8) is 0 Å². The van der Waals surface area contributed by atoms with Crippen LogP contribution in [0, 0.1) is 0 Å². The Balaban J connectivity index is 0. The summed E-state index contributed by atoms with van der Waals surface area (Å²) in [7, 11) is 2.15. The average Bonchev–Trinajstić information content (AvgIpc) is 2.04. The molecular formula is C8H21NS. The highest BCUT2D eigenvalue weighted by atomic mass is 32.2. The molecule has 0 saturated heterocycles. The van der Waals surface area contributed by atoms with Crippen LogP contribution in [0.3, 0.4) is 0 Å². The minimum absolute atomic E-state index is 1.17. The van der Waals surface area contributed by atoms with Crippen LogP contribution in [-0.4, -0.2) is 37.0 Å². The van der Waals surface area contributed by atoms with Crippen LogP contribution in [-0.2, 0) is 0 Å². The first-order chi connectivity index (χ1) is 4.81. The molecule has 10 heavy (non-hydrogen) atoms. The molecule has 0 rings (SSSR count). The lowest BCUT2D eigenvalue weighted by atomic mass is 10.6. The summed E-state index contributed by atoms with van der Waals surface area (Å²) in [6.45, 7) is 8.57. The Morgan fingerprint density at radius 2 is 1.80 bits per heavy atom. The van der Waals surface area contributed by atoms with E-state index < -0.39 is 0 Å². The zero-order chi connectivity index (χ0) is 8.41. The Hall–Kier alpha value is 0.310. The topological polar surface area (TPSA) is 3.24 Å². The zero-order valence-electron chi connectivity index (χ0n) is 7.98. The van der Waals surface area contributed by atoms with Gasteiger partial charge in [0.2, 0.25) is 0 Å². The minimum Gasteiger partial charge on any atom is -0.306 e. The van der Waals surface area contributed by atoms with Crippen LogP contribution in [0.5, 0.6) is 0 Å². The molecule has 0 saturated carbocycles. The lowest BCUT2D eigenvalue weighted by Crippen LogP contribution is -2.20. The predicted molar refractivity (Wildman–Crippen MR) is 52.9 cm³/mol. The second-order valence-electron chi connectivity index (χ2n) is 1.89. The molecule has 0 amide bonds. The van der Waals surface area contributed by atoms with E-state index in [1.165, 1.54) is 18.8 Å². The van der Waals surface area contributed by atoms with Gasteiger partial charge in [0.25, 0.3) is 0 Å². The Bertz CT molecular complexity index is 48.5. The molecule has 0 radical (unpaired) electrons. The molecule has 0 N–H and O–H groups in total. The molecule has 0 aromatic rings. The van der Waals surface area contributed by atoms with Crippen molar-refractivity contribution in [1.82, 2.24) is 4.90 Å². The smallest absolute Gasteiger partial charge is 0.00691 e. The number of nitrogens with zero attached hydrogens (tertiary/aromatic N) is 1. The van der Waals surface area contributed by atoms with Gasteiger partial charge in [-0.05, 0) is 19.8 Å². The van der Waals surface area contributed by atoms with Gasteiger partial charge in [0.05, 0.1) is 0 Å². The van der Waals surface area contributed by atoms with Crippen LogP contribution in [0.4, 0.5) is 0 Å². The Morgan fingerprint density at radius 3 is 2.10 bits per heavy atom. The lowest BCUT2D eigenvalue weighted by molar-refractivity contribution is 0.377. The lowest BCUT2D eigenvalue weighted by Gasteiger charge is -2.11. The number of hydrogen-bond acceptors (Lipinski definition) is 2. The molecule has 0 unspecified atom stereocenters. The van der Waals surface area contributed by atoms with Gasteiger partial charge in [-0.2, -0.15) is 11.8 Å². The van der Waals surface area contributed by atoms with E-state index in [0.717, 1.165) is 0 Å². The second-order valence-corrected chi connectivity index (χ2v) is 2.87. The molecule has 0 aromatic heterocycles. The number of hydrogen-bond donors (Lipinski definition) is 0. The van der Waals surface area contributed by atoms with E-state index in [1.54, 1.807) is 0 Å². The standard InChI is InChI=1S/C6H15NS.C2H6/c1-4-7(2)5-6-8-3;1-2/h4-6H2,1-3H3;1-2H3. The largest absolute Gasteiger partial charge is 0.306 e. The number of rotatable bonds is 4. The van der Waals surface area contributed by atoms with Gasteiger partial charge in [-0.1, -0.05) is 20.8 Å². The maximum absolute atomic E-state index is 2.32. The molecule has 1 nitrogen and oxygen atoms in total. The van der Waals surface area contributed by atoms with Crippen molar-refractivity contribution in [3.05, 3.63) is 0 Å². The first kappa shape index (κ1) is 12.9. The third-order valence-corrected chi connectivity index (χ3v) is 1.81. The minimum atomic E-state index is 1.17. The van der Waals surface area contributed by atoms with Crippen molar-refractivity contribution in [2.75, 3.05) is 32.1 Å². The van der Waals surface area contributed by atoms with Crippen molar-refractivity contribution in [2.45, 2.75) is 20.8 Å². The molecule has 2 heteroatoms. The van der Waals surface area contributed by atoms with Gasteiger partial charge in [0, 0.05) is 12.3 Å². The van der Waals surface area contributed by atoms with Crippen molar-refractivity contribution < 1.29 is 0 Å². The first-order valence-corrected chi connectivity index (χ1v) is 5.38. The third kappa shape index (κ3) is 11.2. The molecule has 0 fully saturated rings. The summed E-state index contributed by atoms with van der Waals surface area (Å²) in [5.41, 5.74) is 0. The zero-order valence-corrected chi connectivity index (χ0v) is 8.79. The van der Waals surface area contributed by atoms with Crippen LogP contribution in [0.25, 0.3) is 0 Å². The summed E-state index contributed by atoms with van der Waals surface area (Å²) in [5.74, 6) is 1.25. The van der Waals surface area contributed by atoms with Gasteiger partial charge >= 0.3 is 0 Å². The van der Waals surface area contributed by atoms with E-state index in [1.807, 2.05) is 25.6 Å². The van der Waals surface area contributed by atoms with Crippen LogP contribution in [0.1, 0.15) is 20.8 Å². The van der Waals surface area contributed by atoms with Gasteiger partial charge in [0.15, 0.2) is 0 Å². The summed E-state index contributed by atoms with van der Waals surface area (Å²) in [4.78, 5) is 2.32. The van der Waals surface area contributed by atoms with Crippen LogP contribution in [0.2, 0.25) is 0 Å². The molecule has 0 bridgehead atoms. The van der Waals surface area contributed by atoms with Crippen molar-refractivity contribution in [1.29, 1.82) is 0 Å². The summed E-state index contributed by atoms with van der Waals surface area (Å²) in [5, 5.41) is 0. The molecule has 0 atom stereocenters. The molecule has 0 spiro atoms. The third-order valence-electron chi connectivity index (χ3n) is 1.22. The highest BCUT2D eigenvalue weighted by Crippen LogP contribution is 1.91. The maximum atomic E-state index is 2.32. The van der Waals surface area contributed by atoms with Crippen molar-refractivity contribution in [3.8, 4) is 0 Å². The summed E-state index contributed by atoms with van der Waals surface area (Å²) in [6.07, 6.45) is 2.14. The van der Waals surface area contributed by atoms with Gasteiger partial charge in [-0.25, -0.2) is 0 Å². The SMILES string of the molecule is CC.CCN(C)CCSC. The van der Waals surface area contributed by atoms with Crippen LogP contribution in [0.15, 0.2) is 0 Å². The Morgan fingerprint density at radius 1 is 1.30 bits per heavy atom. The van der Waals surface area contributed by atoms with E-state index in [9.17, 15) is 0 Å². The van der Waals surface area contributed by atoms with E-state index >= 15 is 0 Å². The van der Waals surface area contributed by atoms with E-state index in [2.05, 4.69) is 25.1 Å². The van der Waals surface area contributed by atoms with E-state index in [0.29, 0.717) is 0 Å². The summed E-state index contributed by atoms with van der Waals surface area (Å²) < 4.78 is 0. The summed E-state index contributed by atoms with van der Waals surface area (Å²) in [6, 6.07) is 0. The summed E-state index contributed by atoms with van der Waals surface area (Å²) >= 11 is 1.90. The predicted octanol–water partition coefficient (Wildman–Crippen LogP) is 2.33. The number of thioether (sulfide) groups is 1. The molecule has 0 aliphatic rings. The molecule has 0 aliphatic carbocycles. The molecule has 64 valence electrons. The fraction of sp³-hybridized carbons (Fsp3) is 1.00. The monoisotopic (exact) mass is 163 g/mol. The van der Waals surface area contributed by atoms with Gasteiger partial charge in [-0.15, -0.1) is 0 Å². The van der Waals surface area contributed by atoms with E-state index in [4.69, 9.17) is 0 Å². The molecular weight excluding hydrogens is 142 g/mol. The van der Waals surface area contributed by atoms with Gasteiger partial charge in [-0.3, -0.25) is 0 Å². The van der Waals surface area contributed by atoms with Gasteiger partial charge in [0.1, 0.15) is 0 Å². The molecule has 0 aliphatic heterocycles. The van der Waals surface area contributed by atoms with Gasteiger partial charge < -0.3 is 4.90 Å². The highest BCUT2D eigenvalue weighted by molar-refractivity contribution is 7.98. The second kappa shape index (κ2) is 12.0. The molecule has 0 heterocycles. The van der Waals surface area contributed by atoms with E-state index in [-0.39, 0.29) is 0 Å². The van der Waals surface area contributed by atoms with Crippen LogP contribution < -0.4 is 0 Å². The Labute approximate surface area is 70.2 Å². The van der Waals surface area contributed by atoms with Crippen LogP contribution >= 0.6 is 11.8 Å². The fourth-order valence-corrected chi connectivity index (χ4v) is 0.899. The fourth-order valence-electron chi connectivity index (χ4n) is 0.405. The average molecular weight is 163 g/mol. The van der Waals surface area contributed by atoms with Crippen molar-refractivity contribution >= 4 is 11.8 Å². The van der Waals surface area contributed by atoms with Crippen molar-refractivity contribution in [2.24, 2.45) is 0 Å². The maximum Gasteiger partial charge on any atom is 0.00691 e. The molecule has 0 aromatic carbocycles. The quantitative estimate of drug-likeness (QED) is 0.626. The first-order valence-electron chi connectivity index (χ1n) is 3.98. The normalized spacial score (nSPS) is 9.00. The highest BCUT2D eigenvalue weighted by Gasteiger charge is 1.89. The Kier molecular flexibility index (Phi) is 15.6.